The Balaban J connectivity index is 1.68. The summed E-state index contributed by atoms with van der Waals surface area (Å²) in [6, 6.07) is 16.9. The molecule has 0 spiro atoms. The van der Waals surface area contributed by atoms with E-state index in [1.165, 1.54) is 10.8 Å². The van der Waals surface area contributed by atoms with Crippen LogP contribution in [-0.4, -0.2) is 27.6 Å². The molecule has 0 atom stereocenters. The van der Waals surface area contributed by atoms with Crippen LogP contribution in [0, 0.1) is 0 Å². The molecule has 4 aromatic rings. The number of nitrogens with zero attached hydrogens (tertiary/aromatic N) is 2. The maximum atomic E-state index is 6.32. The molecule has 26 heavy (non-hydrogen) atoms. The highest BCUT2D eigenvalue weighted by molar-refractivity contribution is 6.66. The molecule has 2 aromatic heterocycles. The van der Waals surface area contributed by atoms with Crippen LogP contribution < -0.4 is 10.7 Å². The number of benzene rings is 2. The van der Waals surface area contributed by atoms with Crippen molar-refractivity contribution in [3.63, 3.8) is 0 Å². The fourth-order valence-electron chi connectivity index (χ4n) is 3.74. The lowest BCUT2D eigenvalue weighted by molar-refractivity contribution is 0.0750. The average molecular weight is 343 g/mol. The number of imidazole rings is 1. The van der Waals surface area contributed by atoms with Crippen molar-refractivity contribution < 1.29 is 4.65 Å². The third-order valence-electron chi connectivity index (χ3n) is 6.03. The molecule has 0 amide bonds. The van der Waals surface area contributed by atoms with Crippen LogP contribution in [0.3, 0.4) is 0 Å². The first-order valence-electron chi connectivity index (χ1n) is 9.11. The standard InChI is InChI=1S/C21H22BN3O/c1-20(2)21(3,4)26-22(24-20)15-9-10-17-18(13-15)25-12-11-14-7-5-6-8-16(14)19(25)23-17/h5-13,24H,1-4H3. The molecule has 0 radical (unpaired) electrons. The van der Waals surface area contributed by atoms with Crippen molar-refractivity contribution in [2.45, 2.75) is 38.8 Å². The van der Waals surface area contributed by atoms with E-state index in [0.717, 1.165) is 22.1 Å². The van der Waals surface area contributed by atoms with Gasteiger partial charge in [0.2, 0.25) is 0 Å². The minimum atomic E-state index is -0.234. The Kier molecular flexibility index (Phi) is 3.10. The summed E-state index contributed by atoms with van der Waals surface area (Å²) < 4.78 is 8.49. The van der Waals surface area contributed by atoms with E-state index in [-0.39, 0.29) is 18.2 Å². The van der Waals surface area contributed by atoms with Crippen LogP contribution in [0.2, 0.25) is 0 Å². The van der Waals surface area contributed by atoms with Crippen LogP contribution in [0.1, 0.15) is 27.7 Å². The van der Waals surface area contributed by atoms with Gasteiger partial charge in [-0.05, 0) is 56.7 Å². The molecule has 1 saturated heterocycles. The van der Waals surface area contributed by atoms with E-state index >= 15 is 0 Å². The van der Waals surface area contributed by atoms with Gasteiger partial charge < -0.3 is 9.88 Å². The SMILES string of the molecule is CC1(C)NB(c2ccc3nc4c5ccccc5ccn4c3c2)OC1(C)C. The first kappa shape index (κ1) is 15.9. The van der Waals surface area contributed by atoms with Crippen LogP contribution >= 0.6 is 0 Å². The summed E-state index contributed by atoms with van der Waals surface area (Å²) in [6.45, 7) is 8.65. The number of rotatable bonds is 1. The Hall–Kier alpha value is -2.37. The van der Waals surface area contributed by atoms with Crippen LogP contribution in [0.5, 0.6) is 0 Å². The second-order valence-corrected chi connectivity index (χ2v) is 8.23. The Morgan fingerprint density at radius 1 is 1.04 bits per heavy atom. The van der Waals surface area contributed by atoms with Crippen molar-refractivity contribution in [3.8, 4) is 0 Å². The van der Waals surface area contributed by atoms with Crippen molar-refractivity contribution in [2.24, 2.45) is 0 Å². The van der Waals surface area contributed by atoms with Gasteiger partial charge in [-0.1, -0.05) is 30.3 Å². The zero-order chi connectivity index (χ0) is 18.1. The fourth-order valence-corrected chi connectivity index (χ4v) is 3.74. The van der Waals surface area contributed by atoms with E-state index in [1.807, 2.05) is 0 Å². The topological polar surface area (TPSA) is 38.6 Å². The lowest BCUT2D eigenvalue weighted by atomic mass is 9.73. The Morgan fingerprint density at radius 2 is 1.85 bits per heavy atom. The Labute approximate surface area is 153 Å². The summed E-state index contributed by atoms with van der Waals surface area (Å²) in [4.78, 5) is 4.87. The lowest BCUT2D eigenvalue weighted by Crippen LogP contribution is -2.51. The minimum absolute atomic E-state index is 0.0949. The van der Waals surface area contributed by atoms with Crippen molar-refractivity contribution in [2.75, 3.05) is 0 Å². The molecule has 5 heteroatoms. The molecule has 1 aliphatic rings. The number of hydrogen-bond acceptors (Lipinski definition) is 3. The summed E-state index contributed by atoms with van der Waals surface area (Å²) in [5, 5.41) is 6.00. The molecule has 5 rings (SSSR count). The van der Waals surface area contributed by atoms with Crippen molar-refractivity contribution in [1.29, 1.82) is 0 Å². The summed E-state index contributed by atoms with van der Waals surface area (Å²) in [5.41, 5.74) is 3.91. The van der Waals surface area contributed by atoms with Gasteiger partial charge in [-0.15, -0.1) is 0 Å². The number of hydrogen-bond donors (Lipinski definition) is 1. The number of nitrogens with one attached hydrogen (secondary N) is 1. The highest BCUT2D eigenvalue weighted by Crippen LogP contribution is 2.31. The molecule has 1 N–H and O–H groups in total. The number of aromatic nitrogens is 2. The third kappa shape index (κ3) is 2.14. The molecular formula is C21H22BN3O. The molecule has 3 heterocycles. The van der Waals surface area contributed by atoms with Gasteiger partial charge in [-0.3, -0.25) is 4.40 Å². The van der Waals surface area contributed by atoms with Gasteiger partial charge in [0.1, 0.15) is 5.65 Å². The van der Waals surface area contributed by atoms with E-state index in [1.54, 1.807) is 0 Å². The normalized spacial score (nSPS) is 19.0. The second-order valence-electron chi connectivity index (χ2n) is 8.23. The highest BCUT2D eigenvalue weighted by atomic mass is 16.5. The van der Waals surface area contributed by atoms with Crippen molar-refractivity contribution >= 4 is 40.0 Å². The molecule has 1 aliphatic heterocycles. The summed E-state index contributed by atoms with van der Waals surface area (Å²) in [5.74, 6) is 0. The van der Waals surface area contributed by atoms with Crippen LogP contribution in [0.4, 0.5) is 0 Å². The monoisotopic (exact) mass is 343 g/mol. The van der Waals surface area contributed by atoms with Gasteiger partial charge in [0.15, 0.2) is 0 Å². The third-order valence-corrected chi connectivity index (χ3v) is 6.03. The molecule has 0 aliphatic carbocycles. The zero-order valence-corrected chi connectivity index (χ0v) is 15.6. The summed E-state index contributed by atoms with van der Waals surface area (Å²) in [6.07, 6.45) is 2.10. The number of fused-ring (bicyclic) bond motifs is 5. The molecule has 0 bridgehead atoms. The van der Waals surface area contributed by atoms with Crippen LogP contribution in [0.25, 0.3) is 27.5 Å². The molecule has 4 nitrogen and oxygen atoms in total. The van der Waals surface area contributed by atoms with Gasteiger partial charge in [0.25, 0.3) is 0 Å². The Morgan fingerprint density at radius 3 is 2.62 bits per heavy atom. The van der Waals surface area contributed by atoms with Crippen LogP contribution in [0.15, 0.2) is 54.7 Å². The molecule has 1 fully saturated rings. The molecule has 2 aromatic carbocycles. The fraction of sp³-hybridized carbons (Fsp3) is 0.286. The van der Waals surface area contributed by atoms with E-state index in [2.05, 4.69) is 92.1 Å². The van der Waals surface area contributed by atoms with Crippen LogP contribution in [-0.2, 0) is 4.65 Å². The molecule has 0 saturated carbocycles. The minimum Gasteiger partial charge on any atom is -0.411 e. The maximum absolute atomic E-state index is 6.32. The quantitative estimate of drug-likeness (QED) is 0.538. The first-order chi connectivity index (χ1) is 12.4. The van der Waals surface area contributed by atoms with Gasteiger partial charge in [0, 0.05) is 17.1 Å². The molecular weight excluding hydrogens is 321 g/mol. The van der Waals surface area contributed by atoms with Crippen molar-refractivity contribution in [1.82, 2.24) is 14.6 Å². The van der Waals surface area contributed by atoms with Gasteiger partial charge in [-0.2, -0.15) is 0 Å². The molecule has 130 valence electrons. The number of pyridine rings is 1. The van der Waals surface area contributed by atoms with E-state index in [9.17, 15) is 0 Å². The maximum Gasteiger partial charge on any atom is 0.416 e. The van der Waals surface area contributed by atoms with E-state index in [0.29, 0.717) is 0 Å². The zero-order valence-electron chi connectivity index (χ0n) is 15.6. The smallest absolute Gasteiger partial charge is 0.411 e. The first-order valence-corrected chi connectivity index (χ1v) is 9.11. The van der Waals surface area contributed by atoms with E-state index in [4.69, 9.17) is 9.64 Å². The van der Waals surface area contributed by atoms with Gasteiger partial charge in [-0.25, -0.2) is 4.98 Å². The van der Waals surface area contributed by atoms with Crippen molar-refractivity contribution in [3.05, 3.63) is 54.7 Å². The van der Waals surface area contributed by atoms with Gasteiger partial charge >= 0.3 is 7.05 Å². The van der Waals surface area contributed by atoms with E-state index < -0.39 is 0 Å². The summed E-state index contributed by atoms with van der Waals surface area (Å²) in [7, 11) is -0.115. The highest BCUT2D eigenvalue weighted by Gasteiger charge is 2.49. The predicted octanol–water partition coefficient (Wildman–Crippen LogP) is 3.51. The Bertz CT molecular complexity index is 1150. The summed E-state index contributed by atoms with van der Waals surface area (Å²) >= 11 is 0. The largest absolute Gasteiger partial charge is 0.416 e. The molecule has 0 unspecified atom stereocenters. The second kappa shape index (κ2) is 5.09. The predicted molar refractivity (Wildman–Crippen MR) is 108 cm³/mol. The van der Waals surface area contributed by atoms with Gasteiger partial charge in [0.05, 0.1) is 16.6 Å². The average Bonchev–Trinajstić information content (AvgIpc) is 3.08. The lowest BCUT2D eigenvalue weighted by Gasteiger charge is -2.33.